The standard InChI is InChI=1S/C21H21BrCl2FNO3/c1-5-16(26-20(28)29-21(2,3)4)12-7-9-15(24)17(18(12)25)19(27)11-6-8-14(23)13(22)10-11/h6-10,16H,5H2,1-4H3,(H,26,28). The molecular formula is C21H21BrCl2FNO3. The van der Waals surface area contributed by atoms with Crippen LogP contribution in [0.4, 0.5) is 9.18 Å². The number of halogens is 4. The lowest BCUT2D eigenvalue weighted by Crippen LogP contribution is -2.35. The molecule has 1 N–H and O–H groups in total. The molecule has 0 aromatic heterocycles. The summed E-state index contributed by atoms with van der Waals surface area (Å²) in [5, 5.41) is 3.05. The van der Waals surface area contributed by atoms with Crippen LogP contribution in [0.1, 0.15) is 61.6 Å². The molecule has 0 aliphatic rings. The second kappa shape index (κ2) is 9.45. The van der Waals surface area contributed by atoms with Gasteiger partial charge in [0.2, 0.25) is 0 Å². The first-order valence-corrected chi connectivity index (χ1v) is 10.5. The zero-order valence-electron chi connectivity index (χ0n) is 16.4. The van der Waals surface area contributed by atoms with Gasteiger partial charge in [0.1, 0.15) is 11.4 Å². The number of benzene rings is 2. The molecule has 0 bridgehead atoms. The number of carbonyl (C=O) groups is 2. The summed E-state index contributed by atoms with van der Waals surface area (Å²) in [7, 11) is 0. The fourth-order valence-electron chi connectivity index (χ4n) is 2.68. The van der Waals surface area contributed by atoms with Crippen molar-refractivity contribution in [3.63, 3.8) is 0 Å². The quantitative estimate of drug-likeness (QED) is 0.441. The van der Waals surface area contributed by atoms with Gasteiger partial charge in [0.05, 0.1) is 21.7 Å². The van der Waals surface area contributed by atoms with Crippen LogP contribution in [0.25, 0.3) is 0 Å². The summed E-state index contributed by atoms with van der Waals surface area (Å²) in [4.78, 5) is 25.0. The molecule has 0 heterocycles. The predicted octanol–water partition coefficient (Wildman–Crippen LogP) is 7.10. The number of hydrogen-bond acceptors (Lipinski definition) is 3. The molecule has 8 heteroatoms. The lowest BCUT2D eigenvalue weighted by atomic mass is 9.96. The number of alkyl carbamates (subject to hydrolysis) is 1. The van der Waals surface area contributed by atoms with Crippen molar-refractivity contribution in [3.05, 3.63) is 67.4 Å². The molecule has 0 spiro atoms. The summed E-state index contributed by atoms with van der Waals surface area (Å²) < 4.78 is 21.1. The largest absolute Gasteiger partial charge is 0.444 e. The maximum atomic E-state index is 15.3. The Labute approximate surface area is 187 Å². The van der Waals surface area contributed by atoms with Crippen LogP contribution in [0.5, 0.6) is 0 Å². The fourth-order valence-corrected chi connectivity index (χ4v) is 3.41. The van der Waals surface area contributed by atoms with Gasteiger partial charge in [-0.05, 0) is 67.4 Å². The summed E-state index contributed by atoms with van der Waals surface area (Å²) >= 11 is 15.4. The molecule has 0 fully saturated rings. The number of rotatable bonds is 5. The van der Waals surface area contributed by atoms with E-state index in [1.54, 1.807) is 27.7 Å². The van der Waals surface area contributed by atoms with E-state index >= 15 is 4.39 Å². The highest BCUT2D eigenvalue weighted by Crippen LogP contribution is 2.31. The molecule has 1 atom stereocenters. The zero-order chi connectivity index (χ0) is 21.9. The van der Waals surface area contributed by atoms with Crippen LogP contribution < -0.4 is 5.32 Å². The molecule has 1 amide bonds. The van der Waals surface area contributed by atoms with E-state index in [4.69, 9.17) is 27.9 Å². The highest BCUT2D eigenvalue weighted by atomic mass is 79.9. The number of nitrogens with one attached hydrogen (secondary N) is 1. The van der Waals surface area contributed by atoms with Crippen LogP contribution in [0.15, 0.2) is 34.8 Å². The number of hydrogen-bond donors (Lipinski definition) is 1. The van der Waals surface area contributed by atoms with Gasteiger partial charge in [-0.25, -0.2) is 9.18 Å². The van der Waals surface area contributed by atoms with Crippen LogP contribution in [0.2, 0.25) is 10.0 Å². The molecule has 156 valence electrons. The summed E-state index contributed by atoms with van der Waals surface area (Å²) in [6, 6.07) is 6.74. The second-order valence-electron chi connectivity index (χ2n) is 7.39. The van der Waals surface area contributed by atoms with Gasteiger partial charge < -0.3 is 10.1 Å². The molecule has 4 nitrogen and oxygen atoms in total. The van der Waals surface area contributed by atoms with Crippen LogP contribution in [0.3, 0.4) is 0 Å². The molecular weight excluding hydrogens is 484 g/mol. The summed E-state index contributed by atoms with van der Waals surface area (Å²) in [5.41, 5.74) is -0.571. The molecule has 1 unspecified atom stereocenters. The number of ether oxygens (including phenoxy) is 1. The molecule has 0 radical (unpaired) electrons. The van der Waals surface area contributed by atoms with Crippen molar-refractivity contribution >= 4 is 51.0 Å². The number of amides is 1. The van der Waals surface area contributed by atoms with Crippen molar-refractivity contribution in [3.8, 4) is 0 Å². The van der Waals surface area contributed by atoms with Crippen molar-refractivity contribution < 1.29 is 18.7 Å². The monoisotopic (exact) mass is 503 g/mol. The first kappa shape index (κ1) is 23.6. The molecule has 2 aromatic rings. The zero-order valence-corrected chi connectivity index (χ0v) is 19.5. The average molecular weight is 505 g/mol. The van der Waals surface area contributed by atoms with Gasteiger partial charge >= 0.3 is 6.09 Å². The minimum absolute atomic E-state index is 0.0190. The van der Waals surface area contributed by atoms with Crippen molar-refractivity contribution in [1.29, 1.82) is 0 Å². The van der Waals surface area contributed by atoms with Gasteiger partial charge in [-0.1, -0.05) is 36.2 Å². The lowest BCUT2D eigenvalue weighted by Gasteiger charge is -2.24. The van der Waals surface area contributed by atoms with E-state index in [1.807, 2.05) is 0 Å². The Balaban J connectivity index is 2.41. The van der Waals surface area contributed by atoms with E-state index in [0.29, 0.717) is 15.9 Å². The van der Waals surface area contributed by atoms with E-state index in [-0.39, 0.29) is 21.7 Å². The maximum Gasteiger partial charge on any atom is 0.408 e. The minimum Gasteiger partial charge on any atom is -0.444 e. The van der Waals surface area contributed by atoms with Crippen LogP contribution >= 0.6 is 39.1 Å². The highest BCUT2D eigenvalue weighted by molar-refractivity contribution is 9.10. The van der Waals surface area contributed by atoms with Crippen molar-refractivity contribution in [1.82, 2.24) is 5.32 Å². The first-order valence-electron chi connectivity index (χ1n) is 8.91. The molecule has 2 rings (SSSR count). The summed E-state index contributed by atoms with van der Waals surface area (Å²) in [5.74, 6) is -1.37. The Kier molecular flexibility index (Phi) is 7.71. The Morgan fingerprint density at radius 3 is 2.34 bits per heavy atom. The maximum absolute atomic E-state index is 15.3. The Bertz CT molecular complexity index is 944. The smallest absolute Gasteiger partial charge is 0.408 e. The second-order valence-corrected chi connectivity index (χ2v) is 9.06. The number of ketones is 1. The summed E-state index contributed by atoms with van der Waals surface area (Å²) in [6.07, 6.45) is -0.286. The third kappa shape index (κ3) is 5.93. The topological polar surface area (TPSA) is 55.4 Å². The van der Waals surface area contributed by atoms with E-state index < -0.39 is 29.3 Å². The van der Waals surface area contributed by atoms with E-state index in [9.17, 15) is 9.59 Å². The third-order valence-electron chi connectivity index (χ3n) is 4.00. The molecule has 0 aliphatic heterocycles. The van der Waals surface area contributed by atoms with Crippen molar-refractivity contribution in [2.24, 2.45) is 0 Å². The molecule has 2 aromatic carbocycles. The van der Waals surface area contributed by atoms with E-state index in [1.165, 1.54) is 30.3 Å². The fraction of sp³-hybridized carbons (Fsp3) is 0.333. The van der Waals surface area contributed by atoms with Gasteiger partial charge in [0.15, 0.2) is 5.78 Å². The Morgan fingerprint density at radius 1 is 1.17 bits per heavy atom. The minimum atomic E-state index is -0.781. The van der Waals surface area contributed by atoms with Gasteiger partial charge in [-0.2, -0.15) is 0 Å². The SMILES string of the molecule is CCC(NC(=O)OC(C)(C)C)c1ccc(Cl)c(C(=O)c2ccc(Cl)c(Br)c2)c1F. The van der Waals surface area contributed by atoms with Crippen LogP contribution in [-0.2, 0) is 4.74 Å². The van der Waals surface area contributed by atoms with E-state index in [2.05, 4.69) is 21.2 Å². The van der Waals surface area contributed by atoms with Crippen molar-refractivity contribution in [2.75, 3.05) is 0 Å². The molecule has 0 saturated carbocycles. The molecule has 0 aliphatic carbocycles. The summed E-state index contributed by atoms with van der Waals surface area (Å²) in [6.45, 7) is 6.99. The highest BCUT2D eigenvalue weighted by Gasteiger charge is 2.26. The predicted molar refractivity (Wildman–Crippen MR) is 116 cm³/mol. The number of carbonyl (C=O) groups excluding carboxylic acids is 2. The van der Waals surface area contributed by atoms with E-state index in [0.717, 1.165) is 0 Å². The lowest BCUT2D eigenvalue weighted by molar-refractivity contribution is 0.0501. The van der Waals surface area contributed by atoms with Gasteiger partial charge in [-0.3, -0.25) is 4.79 Å². The molecule has 0 saturated heterocycles. The average Bonchev–Trinajstić information content (AvgIpc) is 2.61. The van der Waals surface area contributed by atoms with Crippen LogP contribution in [0, 0.1) is 5.82 Å². The third-order valence-corrected chi connectivity index (χ3v) is 5.53. The Morgan fingerprint density at radius 2 is 1.79 bits per heavy atom. The normalized spacial score (nSPS) is 12.4. The van der Waals surface area contributed by atoms with Gasteiger partial charge in [0, 0.05) is 15.6 Å². The van der Waals surface area contributed by atoms with Gasteiger partial charge in [-0.15, -0.1) is 0 Å². The first-order chi connectivity index (χ1) is 13.4. The van der Waals surface area contributed by atoms with Crippen LogP contribution in [-0.4, -0.2) is 17.5 Å². The van der Waals surface area contributed by atoms with Crippen molar-refractivity contribution in [2.45, 2.75) is 45.8 Å². The van der Waals surface area contributed by atoms with Gasteiger partial charge in [0.25, 0.3) is 0 Å². The Hall–Kier alpha value is -1.63. The molecule has 29 heavy (non-hydrogen) atoms.